The molecule has 118 valence electrons. The van der Waals surface area contributed by atoms with Crippen LogP contribution in [0.5, 0.6) is 0 Å². The van der Waals surface area contributed by atoms with Crippen LogP contribution in [0.4, 0.5) is 13.2 Å². The first-order chi connectivity index (χ1) is 10.4. The molecule has 5 heteroatoms. The number of hydrogen-bond acceptors (Lipinski definition) is 2. The molecular weight excluding hydrogens is 291 g/mol. The van der Waals surface area contributed by atoms with Crippen molar-refractivity contribution < 1.29 is 18.0 Å². The first-order valence-electron chi connectivity index (χ1n) is 7.59. The van der Waals surface area contributed by atoms with E-state index in [9.17, 15) is 18.0 Å². The van der Waals surface area contributed by atoms with Crippen LogP contribution in [0, 0.1) is 0 Å². The van der Waals surface area contributed by atoms with Crippen LogP contribution in [0.3, 0.4) is 0 Å². The van der Waals surface area contributed by atoms with Gasteiger partial charge in [0.2, 0.25) is 0 Å². The van der Waals surface area contributed by atoms with E-state index in [1.807, 2.05) is 0 Å². The highest BCUT2D eigenvalue weighted by atomic mass is 19.4. The second-order valence-corrected chi connectivity index (χ2v) is 6.02. The van der Waals surface area contributed by atoms with Gasteiger partial charge in [0.15, 0.2) is 5.78 Å². The molecule has 1 aliphatic carbocycles. The van der Waals surface area contributed by atoms with Crippen molar-refractivity contribution in [2.24, 2.45) is 0 Å². The summed E-state index contributed by atoms with van der Waals surface area (Å²) in [6, 6.07) is 5.22. The Labute approximate surface area is 127 Å². The Kier molecular flexibility index (Phi) is 3.98. The molecule has 1 aromatic rings. The molecule has 1 aromatic carbocycles. The Morgan fingerprint density at radius 1 is 1.00 bits per heavy atom. The van der Waals surface area contributed by atoms with Crippen LogP contribution in [0.1, 0.15) is 42.7 Å². The van der Waals surface area contributed by atoms with E-state index < -0.39 is 11.7 Å². The van der Waals surface area contributed by atoms with E-state index in [1.165, 1.54) is 12.1 Å². The summed E-state index contributed by atoms with van der Waals surface area (Å²) in [7, 11) is 0. The lowest BCUT2D eigenvalue weighted by Crippen LogP contribution is -2.25. The maximum atomic E-state index is 12.6. The SMILES string of the molecule is O=C1C=C(N2CCCC2)CC(c2ccc(C(F)(F)F)cc2)C1. The number of alkyl halides is 3. The molecule has 0 aromatic heterocycles. The molecule has 2 aliphatic rings. The summed E-state index contributed by atoms with van der Waals surface area (Å²) in [6.07, 6.45) is 0.778. The molecule has 1 unspecified atom stereocenters. The fraction of sp³-hybridized carbons (Fsp3) is 0.471. The van der Waals surface area contributed by atoms with Crippen LogP contribution in [0.2, 0.25) is 0 Å². The third kappa shape index (κ3) is 3.18. The molecule has 2 nitrogen and oxygen atoms in total. The first kappa shape index (κ1) is 15.1. The van der Waals surface area contributed by atoms with Crippen LogP contribution in [0.25, 0.3) is 0 Å². The van der Waals surface area contributed by atoms with Crippen LogP contribution in [-0.4, -0.2) is 23.8 Å². The van der Waals surface area contributed by atoms with Gasteiger partial charge < -0.3 is 4.90 Å². The number of nitrogens with zero attached hydrogens (tertiary/aromatic N) is 1. The molecule has 0 N–H and O–H groups in total. The lowest BCUT2D eigenvalue weighted by Gasteiger charge is -2.29. The van der Waals surface area contributed by atoms with Crippen molar-refractivity contribution in [1.82, 2.24) is 4.90 Å². The second-order valence-electron chi connectivity index (χ2n) is 6.02. The van der Waals surface area contributed by atoms with Gasteiger partial charge in [0.05, 0.1) is 5.56 Å². The Bertz CT molecular complexity index is 583. The van der Waals surface area contributed by atoms with E-state index >= 15 is 0 Å². The molecule has 3 rings (SSSR count). The first-order valence-corrected chi connectivity index (χ1v) is 7.59. The fourth-order valence-electron chi connectivity index (χ4n) is 3.28. The van der Waals surface area contributed by atoms with Gasteiger partial charge >= 0.3 is 6.18 Å². The van der Waals surface area contributed by atoms with Crippen molar-refractivity contribution in [3.63, 3.8) is 0 Å². The number of rotatable bonds is 2. The number of hydrogen-bond donors (Lipinski definition) is 0. The van der Waals surface area contributed by atoms with Gasteiger partial charge in [-0.05, 0) is 42.9 Å². The van der Waals surface area contributed by atoms with E-state index in [1.54, 1.807) is 6.08 Å². The number of allylic oxidation sites excluding steroid dienone is 2. The topological polar surface area (TPSA) is 20.3 Å². The fourth-order valence-corrected chi connectivity index (χ4v) is 3.28. The molecule has 1 heterocycles. The van der Waals surface area contributed by atoms with Crippen molar-refractivity contribution in [3.05, 3.63) is 47.2 Å². The van der Waals surface area contributed by atoms with E-state index in [4.69, 9.17) is 0 Å². The molecule has 1 aliphatic heterocycles. The van der Waals surface area contributed by atoms with E-state index in [0.717, 1.165) is 55.7 Å². The van der Waals surface area contributed by atoms with E-state index in [-0.39, 0.29) is 11.7 Å². The number of halogens is 3. The smallest absolute Gasteiger partial charge is 0.375 e. The zero-order valence-electron chi connectivity index (χ0n) is 12.2. The average molecular weight is 309 g/mol. The second kappa shape index (κ2) is 5.78. The van der Waals surface area contributed by atoms with Crippen LogP contribution in [-0.2, 0) is 11.0 Å². The zero-order valence-corrected chi connectivity index (χ0v) is 12.2. The number of likely N-dealkylation sites (tertiary alicyclic amines) is 1. The molecule has 0 amide bonds. The van der Waals surface area contributed by atoms with Gasteiger partial charge in [-0.1, -0.05) is 12.1 Å². The van der Waals surface area contributed by atoms with Crippen LogP contribution < -0.4 is 0 Å². The number of carbonyl (C=O) groups is 1. The Morgan fingerprint density at radius 3 is 2.23 bits per heavy atom. The molecule has 1 atom stereocenters. The Hall–Kier alpha value is -1.78. The van der Waals surface area contributed by atoms with Crippen LogP contribution >= 0.6 is 0 Å². The molecular formula is C17H18F3NO. The quantitative estimate of drug-likeness (QED) is 0.818. The summed E-state index contributed by atoms with van der Waals surface area (Å²) in [5.41, 5.74) is 1.21. The van der Waals surface area contributed by atoms with E-state index in [2.05, 4.69) is 4.90 Å². The Balaban J connectivity index is 1.77. The van der Waals surface area contributed by atoms with Gasteiger partial charge in [0.25, 0.3) is 0 Å². The summed E-state index contributed by atoms with van der Waals surface area (Å²) in [5.74, 6) is 0.0495. The van der Waals surface area contributed by atoms with Crippen molar-refractivity contribution in [2.75, 3.05) is 13.1 Å². The summed E-state index contributed by atoms with van der Waals surface area (Å²) >= 11 is 0. The number of ketones is 1. The van der Waals surface area contributed by atoms with Crippen molar-refractivity contribution >= 4 is 5.78 Å². The summed E-state index contributed by atoms with van der Waals surface area (Å²) < 4.78 is 37.9. The van der Waals surface area contributed by atoms with Crippen molar-refractivity contribution in [3.8, 4) is 0 Å². The molecule has 0 bridgehead atoms. The highest BCUT2D eigenvalue weighted by molar-refractivity contribution is 5.92. The van der Waals surface area contributed by atoms with Crippen molar-refractivity contribution in [2.45, 2.75) is 37.8 Å². The van der Waals surface area contributed by atoms with Gasteiger partial charge in [0, 0.05) is 31.3 Å². The summed E-state index contributed by atoms with van der Waals surface area (Å²) in [6.45, 7) is 1.94. The normalized spacial score (nSPS) is 22.9. The molecule has 22 heavy (non-hydrogen) atoms. The lowest BCUT2D eigenvalue weighted by atomic mass is 9.85. The highest BCUT2D eigenvalue weighted by Gasteiger charge is 2.31. The molecule has 1 saturated heterocycles. The van der Waals surface area contributed by atoms with Gasteiger partial charge in [-0.25, -0.2) is 0 Å². The highest BCUT2D eigenvalue weighted by Crippen LogP contribution is 2.36. The predicted octanol–water partition coefficient (Wildman–Crippen LogP) is 4.13. The number of benzene rings is 1. The maximum Gasteiger partial charge on any atom is 0.416 e. The predicted molar refractivity (Wildman–Crippen MR) is 77.3 cm³/mol. The van der Waals surface area contributed by atoms with Gasteiger partial charge in [-0.3, -0.25) is 4.79 Å². The molecule has 0 radical (unpaired) electrons. The summed E-state index contributed by atoms with van der Waals surface area (Å²) in [4.78, 5) is 14.2. The van der Waals surface area contributed by atoms with Gasteiger partial charge in [-0.15, -0.1) is 0 Å². The minimum Gasteiger partial charge on any atom is -0.375 e. The van der Waals surface area contributed by atoms with Gasteiger partial charge in [-0.2, -0.15) is 13.2 Å². The molecule has 0 saturated carbocycles. The zero-order chi connectivity index (χ0) is 15.7. The number of carbonyl (C=O) groups excluding carboxylic acids is 1. The standard InChI is InChI=1S/C17H18F3NO/c18-17(19,20)14-5-3-12(4-6-14)13-9-15(11-16(22)10-13)21-7-1-2-8-21/h3-6,11,13H,1-2,7-10H2. The van der Waals surface area contributed by atoms with Gasteiger partial charge in [0.1, 0.15) is 0 Å². The van der Waals surface area contributed by atoms with E-state index in [0.29, 0.717) is 6.42 Å². The third-order valence-corrected chi connectivity index (χ3v) is 4.45. The summed E-state index contributed by atoms with van der Waals surface area (Å²) in [5, 5.41) is 0. The largest absolute Gasteiger partial charge is 0.416 e. The van der Waals surface area contributed by atoms with Crippen molar-refractivity contribution in [1.29, 1.82) is 0 Å². The molecule has 1 fully saturated rings. The monoisotopic (exact) mass is 309 g/mol. The maximum absolute atomic E-state index is 12.6. The minimum atomic E-state index is -4.32. The minimum absolute atomic E-state index is 0.0182. The average Bonchev–Trinajstić information content (AvgIpc) is 3.00. The Morgan fingerprint density at radius 2 is 1.64 bits per heavy atom. The third-order valence-electron chi connectivity index (χ3n) is 4.45. The lowest BCUT2D eigenvalue weighted by molar-refractivity contribution is -0.137. The molecule has 0 spiro atoms. The van der Waals surface area contributed by atoms with Crippen LogP contribution in [0.15, 0.2) is 36.0 Å².